The van der Waals surface area contributed by atoms with Gasteiger partial charge in [0, 0.05) is 11.8 Å². The largest absolute Gasteiger partial charge is 0.467 e. The number of nitrogens with zero attached hydrogens (tertiary/aromatic N) is 2. The summed E-state index contributed by atoms with van der Waals surface area (Å²) in [5.74, 6) is -2.59. The van der Waals surface area contributed by atoms with Crippen molar-refractivity contribution in [1.82, 2.24) is 25.9 Å². The molecule has 0 aliphatic heterocycles. The molecule has 0 unspecified atom stereocenters. The van der Waals surface area contributed by atoms with E-state index in [2.05, 4.69) is 10.4 Å². The fraction of sp³-hybridized carbons (Fsp3) is 0.105. The monoisotopic (exact) mass is 395 g/mol. The van der Waals surface area contributed by atoms with E-state index >= 15 is 0 Å². The van der Waals surface area contributed by atoms with E-state index in [9.17, 15) is 19.2 Å². The van der Waals surface area contributed by atoms with Gasteiger partial charge in [-0.05, 0) is 31.2 Å². The van der Waals surface area contributed by atoms with Crippen molar-refractivity contribution in [1.29, 1.82) is 0 Å². The quantitative estimate of drug-likeness (QED) is 0.427. The van der Waals surface area contributed by atoms with Crippen molar-refractivity contribution in [3.63, 3.8) is 0 Å². The lowest BCUT2D eigenvalue weighted by atomic mass is 10.3. The predicted molar refractivity (Wildman–Crippen MR) is 101 cm³/mol. The van der Waals surface area contributed by atoms with E-state index in [4.69, 9.17) is 4.42 Å². The summed E-state index contributed by atoms with van der Waals surface area (Å²) in [6.45, 7) is 1.68. The Labute approximate surface area is 164 Å². The number of para-hydroxylation sites is 1. The number of hydrogen-bond donors (Lipinski definition) is 3. The summed E-state index contributed by atoms with van der Waals surface area (Å²) < 4.78 is 6.45. The second kappa shape index (κ2) is 8.65. The third-order valence-electron chi connectivity index (χ3n) is 3.82. The maximum Gasteiger partial charge on any atom is 0.327 e. The second-order valence-electron chi connectivity index (χ2n) is 5.92. The van der Waals surface area contributed by atoms with Crippen molar-refractivity contribution in [2.45, 2.75) is 13.5 Å². The van der Waals surface area contributed by atoms with Crippen molar-refractivity contribution in [2.24, 2.45) is 0 Å². The molecule has 10 heteroatoms. The molecule has 0 fully saturated rings. The Morgan fingerprint density at radius 3 is 2.48 bits per heavy atom. The number of carbonyl (C=O) groups excluding carboxylic acids is 3. The number of carbonyl (C=O) groups is 3. The SMILES string of the molecule is Cc1cc(=O)c(C(=O)NNC(=O)C(=O)NCc2ccco2)nn1-c1ccccc1. The normalized spacial score (nSPS) is 10.2. The van der Waals surface area contributed by atoms with Crippen LogP contribution in [0.5, 0.6) is 0 Å². The van der Waals surface area contributed by atoms with Gasteiger partial charge in [-0.2, -0.15) is 5.10 Å². The van der Waals surface area contributed by atoms with E-state index in [-0.39, 0.29) is 6.54 Å². The predicted octanol–water partition coefficient (Wildman–Crippen LogP) is 0.211. The van der Waals surface area contributed by atoms with E-state index in [1.165, 1.54) is 17.0 Å². The standard InChI is InChI=1S/C19H17N5O5/c1-12-10-15(25)16(23-24(12)13-6-3-2-4-7-13)17(26)21-22-19(28)18(27)20-11-14-8-5-9-29-14/h2-10H,11H2,1H3,(H,20,27)(H,21,26)(H,22,28). The molecule has 10 nitrogen and oxygen atoms in total. The lowest BCUT2D eigenvalue weighted by Gasteiger charge is -2.11. The van der Waals surface area contributed by atoms with Crippen LogP contribution < -0.4 is 21.6 Å². The molecule has 0 aliphatic rings. The van der Waals surface area contributed by atoms with Crippen LogP contribution in [-0.2, 0) is 16.1 Å². The van der Waals surface area contributed by atoms with Gasteiger partial charge in [0.25, 0.3) is 5.91 Å². The van der Waals surface area contributed by atoms with Crippen LogP contribution >= 0.6 is 0 Å². The minimum atomic E-state index is -1.11. The highest BCUT2D eigenvalue weighted by molar-refractivity contribution is 6.35. The first-order chi connectivity index (χ1) is 14.0. The number of aryl methyl sites for hydroxylation is 1. The Bertz CT molecular complexity index is 1090. The van der Waals surface area contributed by atoms with Gasteiger partial charge in [0.05, 0.1) is 18.5 Å². The first-order valence-corrected chi connectivity index (χ1v) is 8.53. The third kappa shape index (κ3) is 4.75. The molecule has 0 spiro atoms. The highest BCUT2D eigenvalue weighted by Gasteiger charge is 2.18. The molecule has 0 bridgehead atoms. The van der Waals surface area contributed by atoms with Crippen LogP contribution in [0.15, 0.2) is 64.0 Å². The smallest absolute Gasteiger partial charge is 0.327 e. The molecule has 3 N–H and O–H groups in total. The van der Waals surface area contributed by atoms with Crippen LogP contribution in [0.3, 0.4) is 0 Å². The molecule has 0 saturated carbocycles. The summed E-state index contributed by atoms with van der Waals surface area (Å²) in [7, 11) is 0. The zero-order chi connectivity index (χ0) is 20.8. The van der Waals surface area contributed by atoms with Crippen LogP contribution in [0.25, 0.3) is 5.69 Å². The highest BCUT2D eigenvalue weighted by Crippen LogP contribution is 2.07. The molecule has 148 valence electrons. The number of aromatic nitrogens is 2. The molecule has 0 atom stereocenters. The molecule has 0 radical (unpaired) electrons. The Morgan fingerprint density at radius 2 is 1.79 bits per heavy atom. The van der Waals surface area contributed by atoms with E-state index in [1.54, 1.807) is 43.3 Å². The van der Waals surface area contributed by atoms with Crippen molar-refractivity contribution in [3.05, 3.63) is 82.2 Å². The van der Waals surface area contributed by atoms with Gasteiger partial charge in [-0.15, -0.1) is 0 Å². The van der Waals surface area contributed by atoms with Gasteiger partial charge < -0.3 is 9.73 Å². The molecule has 3 amide bonds. The van der Waals surface area contributed by atoms with Gasteiger partial charge in [-0.1, -0.05) is 18.2 Å². The maximum atomic E-state index is 12.3. The van der Waals surface area contributed by atoms with Gasteiger partial charge in [-0.3, -0.25) is 30.0 Å². The maximum absolute atomic E-state index is 12.3. The minimum Gasteiger partial charge on any atom is -0.467 e. The molecule has 2 heterocycles. The van der Waals surface area contributed by atoms with Gasteiger partial charge in [-0.25, -0.2) is 4.68 Å². The molecule has 0 saturated heterocycles. The summed E-state index contributed by atoms with van der Waals surface area (Å²) in [5.41, 5.74) is 4.08. The highest BCUT2D eigenvalue weighted by atomic mass is 16.3. The van der Waals surface area contributed by atoms with E-state index in [0.717, 1.165) is 0 Å². The van der Waals surface area contributed by atoms with Crippen molar-refractivity contribution >= 4 is 17.7 Å². The third-order valence-corrected chi connectivity index (χ3v) is 3.82. The first-order valence-electron chi connectivity index (χ1n) is 8.53. The molecule has 3 aromatic rings. The second-order valence-corrected chi connectivity index (χ2v) is 5.92. The Kier molecular flexibility index (Phi) is 5.83. The van der Waals surface area contributed by atoms with Crippen molar-refractivity contribution in [3.8, 4) is 5.69 Å². The molecular formula is C19H17N5O5. The number of hydrazine groups is 1. The molecule has 29 heavy (non-hydrogen) atoms. The van der Waals surface area contributed by atoms with Crippen molar-refractivity contribution < 1.29 is 18.8 Å². The van der Waals surface area contributed by atoms with Crippen LogP contribution in [0.2, 0.25) is 0 Å². The summed E-state index contributed by atoms with van der Waals surface area (Å²) in [6.07, 6.45) is 1.43. The lowest BCUT2D eigenvalue weighted by Crippen LogP contribution is -2.49. The summed E-state index contributed by atoms with van der Waals surface area (Å²) in [4.78, 5) is 48.0. The van der Waals surface area contributed by atoms with Gasteiger partial charge in [0.1, 0.15) is 5.76 Å². The Balaban J connectivity index is 1.65. The molecule has 2 aromatic heterocycles. The molecule has 1 aromatic carbocycles. The molecule has 3 rings (SSSR count). The van der Waals surface area contributed by atoms with Crippen molar-refractivity contribution in [2.75, 3.05) is 0 Å². The fourth-order valence-electron chi connectivity index (χ4n) is 2.43. The summed E-state index contributed by atoms with van der Waals surface area (Å²) in [5, 5.41) is 6.38. The fourth-order valence-corrected chi connectivity index (χ4v) is 2.43. The zero-order valence-electron chi connectivity index (χ0n) is 15.3. The van der Waals surface area contributed by atoms with Crippen LogP contribution in [-0.4, -0.2) is 27.5 Å². The minimum absolute atomic E-state index is 0.00843. The van der Waals surface area contributed by atoms with E-state index in [1.807, 2.05) is 16.9 Å². The van der Waals surface area contributed by atoms with Crippen LogP contribution in [0, 0.1) is 6.92 Å². The number of amides is 3. The average molecular weight is 395 g/mol. The average Bonchev–Trinajstić information content (AvgIpc) is 3.24. The summed E-state index contributed by atoms with van der Waals surface area (Å²) in [6, 6.07) is 13.4. The lowest BCUT2D eigenvalue weighted by molar-refractivity contribution is -0.139. The Morgan fingerprint density at radius 1 is 1.03 bits per heavy atom. The van der Waals surface area contributed by atoms with Crippen LogP contribution in [0.1, 0.15) is 21.9 Å². The topological polar surface area (TPSA) is 135 Å². The number of hydrogen-bond acceptors (Lipinski definition) is 6. The number of nitrogens with one attached hydrogen (secondary N) is 3. The molecule has 0 aliphatic carbocycles. The van der Waals surface area contributed by atoms with Crippen LogP contribution in [0.4, 0.5) is 0 Å². The van der Waals surface area contributed by atoms with Gasteiger partial charge in [0.15, 0.2) is 5.69 Å². The number of furan rings is 1. The number of rotatable bonds is 4. The number of benzene rings is 1. The summed E-state index contributed by atoms with van der Waals surface area (Å²) >= 11 is 0. The van der Waals surface area contributed by atoms with E-state index < -0.39 is 28.8 Å². The van der Waals surface area contributed by atoms with Gasteiger partial charge in [0.2, 0.25) is 5.43 Å². The van der Waals surface area contributed by atoms with E-state index in [0.29, 0.717) is 17.1 Å². The molecular weight excluding hydrogens is 378 g/mol. The first kappa shape index (κ1) is 19.5. The zero-order valence-corrected chi connectivity index (χ0v) is 15.3. The van der Waals surface area contributed by atoms with Gasteiger partial charge >= 0.3 is 11.8 Å². The Hall–Kier alpha value is -4.21.